The third-order valence-electron chi connectivity index (χ3n) is 7.80. The first kappa shape index (κ1) is 32.8. The van der Waals surface area contributed by atoms with Crippen molar-refractivity contribution in [2.24, 2.45) is 5.92 Å². The molecule has 2 atom stereocenters. The van der Waals surface area contributed by atoms with Crippen molar-refractivity contribution < 1.29 is 42.3 Å². The Balaban J connectivity index is 0.00000405. The topological polar surface area (TPSA) is 106 Å². The van der Waals surface area contributed by atoms with Gasteiger partial charge in [-0.25, -0.2) is 9.97 Å². The van der Waals surface area contributed by atoms with Gasteiger partial charge in [0.15, 0.2) is 0 Å². The van der Waals surface area contributed by atoms with E-state index < -0.39 is 0 Å². The molecule has 3 aromatic rings. The van der Waals surface area contributed by atoms with Crippen LogP contribution in [0.5, 0.6) is 0 Å². The number of aromatic nitrogens is 3. The van der Waals surface area contributed by atoms with E-state index in [2.05, 4.69) is 61.1 Å². The van der Waals surface area contributed by atoms with E-state index in [-0.39, 0.29) is 55.6 Å². The van der Waals surface area contributed by atoms with Crippen molar-refractivity contribution in [1.82, 2.24) is 19.7 Å². The molecule has 1 saturated heterocycles. The van der Waals surface area contributed by atoms with Crippen molar-refractivity contribution in [3.05, 3.63) is 76.7 Å². The van der Waals surface area contributed by atoms with E-state index in [4.69, 9.17) is 19.8 Å². The molecule has 1 fully saturated rings. The minimum atomic E-state index is -0.174. The van der Waals surface area contributed by atoms with Gasteiger partial charge in [0.2, 0.25) is 0 Å². The number of hydrogen-bond acceptors (Lipinski definition) is 8. The van der Waals surface area contributed by atoms with Gasteiger partial charge < -0.3 is 20.5 Å². The molecule has 0 aromatic carbocycles. The van der Waals surface area contributed by atoms with Gasteiger partial charge in [0, 0.05) is 80.7 Å². The minimum Gasteiger partial charge on any atom is -0.529 e. The summed E-state index contributed by atoms with van der Waals surface area (Å²) in [6.07, 6.45) is 2.87. The van der Waals surface area contributed by atoms with Gasteiger partial charge in [-0.15, -0.1) is 0 Å². The number of anilines is 2. The number of pyridine rings is 3. The Morgan fingerprint density at radius 3 is 2.62 bits per heavy atom. The second-order valence-corrected chi connectivity index (χ2v) is 13.3. The van der Waals surface area contributed by atoms with Crippen LogP contribution in [0.3, 0.4) is 0 Å². The summed E-state index contributed by atoms with van der Waals surface area (Å²) in [6.45, 7) is 12.2. The van der Waals surface area contributed by atoms with Gasteiger partial charge >= 0.3 is 0 Å². The summed E-state index contributed by atoms with van der Waals surface area (Å²) in [7, 11) is 1.55. The first-order valence-electron chi connectivity index (χ1n) is 14.2. The zero-order valence-electron chi connectivity index (χ0n) is 25.3. The largest absolute Gasteiger partial charge is 0.529 e. The predicted molar refractivity (Wildman–Crippen MR) is 164 cm³/mol. The van der Waals surface area contributed by atoms with Gasteiger partial charge in [0.1, 0.15) is 16.7 Å². The van der Waals surface area contributed by atoms with Crippen molar-refractivity contribution in [2.75, 3.05) is 23.9 Å². The molecule has 4 bridgehead atoms. The van der Waals surface area contributed by atoms with E-state index in [0.717, 1.165) is 54.5 Å². The molecule has 2 aliphatic heterocycles. The summed E-state index contributed by atoms with van der Waals surface area (Å²) in [6, 6.07) is 15.7. The molecule has 2 unspecified atom stereocenters. The number of amides is 1. The molecule has 5 rings (SSSR count). The molecule has 221 valence electrons. The summed E-state index contributed by atoms with van der Waals surface area (Å²) in [5.41, 5.74) is 7.08. The summed E-state index contributed by atoms with van der Waals surface area (Å²) in [5, 5.41) is 4.33. The summed E-state index contributed by atoms with van der Waals surface area (Å²) < 4.78 is 3.02. The van der Waals surface area contributed by atoms with E-state index in [0.29, 0.717) is 23.1 Å². The molecular weight excluding hydrogens is 623 g/mol. The molecule has 11 heteroatoms. The fraction of sp³-hybridized carbons (Fsp3) is 0.484. The van der Waals surface area contributed by atoms with Crippen LogP contribution in [0.25, 0.3) is 5.48 Å². The molecule has 1 amide bonds. The Labute approximate surface area is 278 Å². The monoisotopic (exact) mass is 663 g/mol. The molecule has 42 heavy (non-hydrogen) atoms. The van der Waals surface area contributed by atoms with Gasteiger partial charge in [-0.1, -0.05) is 39.4 Å². The Kier molecular flexibility index (Phi) is 10.7. The Morgan fingerprint density at radius 2 is 1.86 bits per heavy atom. The molecule has 2 aliphatic rings. The van der Waals surface area contributed by atoms with E-state index in [9.17, 15) is 4.79 Å². The predicted octanol–water partition coefficient (Wildman–Crippen LogP) is 6.59. The molecule has 0 aliphatic carbocycles. The summed E-state index contributed by atoms with van der Waals surface area (Å²) in [5.74, 6) is 1.75. The Morgan fingerprint density at radius 1 is 1.07 bits per heavy atom. The number of carbonyl (C=O) groups excluding carboxylic acids is 1. The van der Waals surface area contributed by atoms with Crippen LogP contribution in [-0.2, 0) is 49.5 Å². The molecule has 2 N–H and O–H groups in total. The molecule has 1 radical (unpaired) electrons. The van der Waals surface area contributed by atoms with Crippen LogP contribution in [0.2, 0.25) is 0 Å². The Bertz CT molecular complexity index is 1400. The standard InChI is InChI=1S/C31H40N7O2S.Y/c1-30(2,3)25-16-14-22-28(35-25)38-19-20(17-31(38,4)5)13-15-24(23-10-7-9-21(33-23)18-32-40-6)34-26-11-8-12-27(36-26)41-37-29(22)39;/h7-12,14,16,20,24H,13,15,17-19H2,1-6H3,(H,34,36)(H,37,39);/q-1;. The Hall–Kier alpha value is -2.11. The van der Waals surface area contributed by atoms with Gasteiger partial charge in [-0.05, 0) is 75.4 Å². The number of nitrogens with zero attached hydrogens (tertiary/aromatic N) is 5. The van der Waals surface area contributed by atoms with E-state index in [1.54, 1.807) is 7.11 Å². The average molecular weight is 664 g/mol. The van der Waals surface area contributed by atoms with Crippen LogP contribution in [0.15, 0.2) is 53.6 Å². The van der Waals surface area contributed by atoms with E-state index in [1.165, 1.54) is 11.9 Å². The SMILES string of the molecule is CO[N-]Cc1cccc(C2CCC3CN(c4nc(C(C)(C)C)ccc4C(=O)NSc4cccc(n4)N2)C(C)(C)C3)n1.[Y]. The second-order valence-electron chi connectivity index (χ2n) is 12.5. The smallest absolute Gasteiger partial charge is 0.265 e. The normalized spacial score (nSPS) is 20.3. The van der Waals surface area contributed by atoms with Crippen molar-refractivity contribution in [3.8, 4) is 0 Å². The molecular formula is C31H40N7O2SY-. The second kappa shape index (κ2) is 13.7. The van der Waals surface area contributed by atoms with Gasteiger partial charge in [0.25, 0.3) is 5.91 Å². The van der Waals surface area contributed by atoms with E-state index >= 15 is 0 Å². The van der Waals surface area contributed by atoms with E-state index in [1.807, 2.05) is 42.5 Å². The molecule has 9 nitrogen and oxygen atoms in total. The zero-order valence-corrected chi connectivity index (χ0v) is 29.0. The maximum Gasteiger partial charge on any atom is 0.265 e. The minimum absolute atomic E-state index is 0. The fourth-order valence-corrected chi connectivity index (χ4v) is 6.29. The van der Waals surface area contributed by atoms with Crippen LogP contribution in [0.4, 0.5) is 11.6 Å². The quantitative estimate of drug-likeness (QED) is 0.238. The molecule has 3 aromatic heterocycles. The summed E-state index contributed by atoms with van der Waals surface area (Å²) >= 11 is 1.21. The third-order valence-corrected chi connectivity index (χ3v) is 8.53. The molecule has 0 saturated carbocycles. The van der Waals surface area contributed by atoms with Crippen LogP contribution in [-0.4, -0.2) is 40.1 Å². The van der Waals surface area contributed by atoms with Crippen molar-refractivity contribution >= 4 is 29.5 Å². The van der Waals surface area contributed by atoms with Crippen molar-refractivity contribution in [1.29, 1.82) is 0 Å². The first-order chi connectivity index (χ1) is 19.5. The fourth-order valence-electron chi connectivity index (χ4n) is 5.69. The summed E-state index contributed by atoms with van der Waals surface area (Å²) in [4.78, 5) is 35.6. The number of hydroxylamine groups is 1. The van der Waals surface area contributed by atoms with Crippen LogP contribution >= 0.6 is 11.9 Å². The van der Waals surface area contributed by atoms with Crippen LogP contribution in [0.1, 0.15) is 87.4 Å². The number of nitrogens with one attached hydrogen (secondary N) is 2. The maximum atomic E-state index is 13.6. The number of rotatable bonds is 4. The first-order valence-corrected chi connectivity index (χ1v) is 15.0. The number of fused-ring (bicyclic) bond motifs is 6. The van der Waals surface area contributed by atoms with Crippen molar-refractivity contribution in [3.63, 3.8) is 0 Å². The van der Waals surface area contributed by atoms with Gasteiger partial charge in [0.05, 0.1) is 17.3 Å². The van der Waals surface area contributed by atoms with Gasteiger partial charge in [-0.2, -0.15) is 0 Å². The molecule has 5 heterocycles. The van der Waals surface area contributed by atoms with Crippen molar-refractivity contribution in [2.45, 2.75) is 82.4 Å². The molecule has 0 spiro atoms. The third kappa shape index (κ3) is 7.69. The zero-order chi connectivity index (χ0) is 29.2. The average Bonchev–Trinajstić information content (AvgIpc) is 3.25. The van der Waals surface area contributed by atoms with Gasteiger partial charge in [-0.3, -0.25) is 14.5 Å². The van der Waals surface area contributed by atoms with Crippen LogP contribution in [0, 0.1) is 5.92 Å². The number of carbonyl (C=O) groups is 1. The number of hydrogen-bond donors (Lipinski definition) is 2. The maximum absolute atomic E-state index is 13.6. The van der Waals surface area contributed by atoms with Crippen LogP contribution < -0.4 is 14.9 Å².